The number of esters is 1. The Morgan fingerprint density at radius 2 is 1.76 bits per heavy atom. The van der Waals surface area contributed by atoms with E-state index >= 15 is 0 Å². The molecule has 0 aliphatic carbocycles. The number of carbonyl (C=O) groups is 3. The molecule has 1 aromatic carbocycles. The molecular formula is C24H26N4O6. The van der Waals surface area contributed by atoms with Crippen LogP contribution in [-0.2, 0) is 32.7 Å². The quantitative estimate of drug-likeness (QED) is 0.459. The van der Waals surface area contributed by atoms with Crippen LogP contribution in [0.2, 0.25) is 0 Å². The number of hydrogen-bond donors (Lipinski definition) is 1. The van der Waals surface area contributed by atoms with Gasteiger partial charge in [-0.25, -0.2) is 4.79 Å². The number of benzene rings is 1. The van der Waals surface area contributed by atoms with Gasteiger partial charge in [-0.1, -0.05) is 6.07 Å². The van der Waals surface area contributed by atoms with Gasteiger partial charge in [0.25, 0.3) is 5.56 Å². The van der Waals surface area contributed by atoms with Crippen molar-refractivity contribution in [1.82, 2.24) is 19.0 Å². The molecule has 1 saturated heterocycles. The van der Waals surface area contributed by atoms with Crippen molar-refractivity contribution in [3.8, 4) is 11.1 Å². The molecule has 1 aliphatic heterocycles. The number of ether oxygens (including phenoxy) is 1. The first-order valence-electron chi connectivity index (χ1n) is 10.9. The summed E-state index contributed by atoms with van der Waals surface area (Å²) >= 11 is 0. The lowest BCUT2D eigenvalue weighted by molar-refractivity contribution is -0.155. The van der Waals surface area contributed by atoms with E-state index in [1.165, 1.54) is 26.0 Å². The predicted molar refractivity (Wildman–Crippen MR) is 124 cm³/mol. The van der Waals surface area contributed by atoms with Gasteiger partial charge in [0.1, 0.15) is 18.2 Å². The highest BCUT2D eigenvalue weighted by atomic mass is 16.6. The molecule has 178 valence electrons. The number of aromatic nitrogens is 3. The number of carbonyl (C=O) groups excluding carboxylic acids is 3. The second-order valence-corrected chi connectivity index (χ2v) is 9.35. The number of amides is 2. The van der Waals surface area contributed by atoms with Gasteiger partial charge in [0.05, 0.1) is 11.0 Å². The lowest BCUT2D eigenvalue weighted by Crippen LogP contribution is -2.44. The standard InChI is InChI=1S/C24H26N4O6/c1-24(2,3)34-21(31)13-27-10-9-15(12-20(27)30)14-5-6-16-18(11-14)26(4)23(33)28(16)17-7-8-19(29)25-22(17)32/h5-6,9-12,17H,7-8,13H2,1-4H3,(H,25,29,32). The highest BCUT2D eigenvalue weighted by molar-refractivity contribution is 6.00. The van der Waals surface area contributed by atoms with Crippen molar-refractivity contribution in [3.05, 3.63) is 57.4 Å². The van der Waals surface area contributed by atoms with Gasteiger partial charge < -0.3 is 9.30 Å². The molecule has 10 nitrogen and oxygen atoms in total. The second-order valence-electron chi connectivity index (χ2n) is 9.35. The minimum Gasteiger partial charge on any atom is -0.459 e. The number of hydrogen-bond acceptors (Lipinski definition) is 6. The maximum atomic E-state index is 12.9. The Morgan fingerprint density at radius 3 is 2.41 bits per heavy atom. The Balaban J connectivity index is 1.67. The third kappa shape index (κ3) is 4.43. The molecule has 2 amide bonds. The SMILES string of the molecule is Cn1c(=O)n(C2CCC(=O)NC2=O)c2ccc(-c3ccn(CC(=O)OC(C)(C)C)c(=O)c3)cc21. The summed E-state index contributed by atoms with van der Waals surface area (Å²) in [6, 6.07) is 7.62. The highest BCUT2D eigenvalue weighted by Crippen LogP contribution is 2.27. The largest absolute Gasteiger partial charge is 0.459 e. The van der Waals surface area contributed by atoms with E-state index in [0.717, 1.165) is 0 Å². The van der Waals surface area contributed by atoms with Crippen LogP contribution in [0.15, 0.2) is 46.1 Å². The first kappa shape index (κ1) is 23.2. The number of rotatable bonds is 4. The zero-order valence-electron chi connectivity index (χ0n) is 19.5. The molecule has 1 N–H and O–H groups in total. The van der Waals surface area contributed by atoms with Crippen molar-refractivity contribution >= 4 is 28.8 Å². The Morgan fingerprint density at radius 1 is 1.06 bits per heavy atom. The molecule has 3 heterocycles. The Bertz CT molecular complexity index is 1440. The van der Waals surface area contributed by atoms with Crippen molar-refractivity contribution in [2.45, 2.75) is 51.8 Å². The third-order valence-electron chi connectivity index (χ3n) is 5.66. The predicted octanol–water partition coefficient (Wildman–Crippen LogP) is 1.49. The van der Waals surface area contributed by atoms with Crippen LogP contribution in [0.4, 0.5) is 0 Å². The first-order chi connectivity index (χ1) is 15.9. The molecule has 2 aromatic heterocycles. The Labute approximate surface area is 194 Å². The summed E-state index contributed by atoms with van der Waals surface area (Å²) in [4.78, 5) is 61.4. The summed E-state index contributed by atoms with van der Waals surface area (Å²) in [6.45, 7) is 5.08. The van der Waals surface area contributed by atoms with Crippen molar-refractivity contribution in [2.75, 3.05) is 0 Å². The van der Waals surface area contributed by atoms with Gasteiger partial charge in [-0.3, -0.25) is 33.6 Å². The molecule has 0 saturated carbocycles. The van der Waals surface area contributed by atoms with E-state index in [1.807, 2.05) is 0 Å². The zero-order valence-corrected chi connectivity index (χ0v) is 19.5. The zero-order chi connectivity index (χ0) is 24.8. The van der Waals surface area contributed by atoms with Gasteiger partial charge in [0.15, 0.2) is 0 Å². The van der Waals surface area contributed by atoms with E-state index in [4.69, 9.17) is 4.74 Å². The van der Waals surface area contributed by atoms with Crippen LogP contribution in [0, 0.1) is 0 Å². The molecule has 1 fully saturated rings. The minimum absolute atomic E-state index is 0.164. The molecule has 1 unspecified atom stereocenters. The molecule has 0 radical (unpaired) electrons. The number of fused-ring (bicyclic) bond motifs is 1. The third-order valence-corrected chi connectivity index (χ3v) is 5.66. The number of piperidine rings is 1. The second kappa shape index (κ2) is 8.44. The fourth-order valence-corrected chi connectivity index (χ4v) is 4.10. The van der Waals surface area contributed by atoms with Crippen molar-refractivity contribution < 1.29 is 19.1 Å². The van der Waals surface area contributed by atoms with Crippen molar-refractivity contribution in [3.63, 3.8) is 0 Å². The fraction of sp³-hybridized carbons (Fsp3) is 0.375. The lowest BCUT2D eigenvalue weighted by Gasteiger charge is -2.21. The van der Waals surface area contributed by atoms with E-state index in [2.05, 4.69) is 5.32 Å². The molecular weight excluding hydrogens is 440 g/mol. The normalized spacial score (nSPS) is 16.5. The lowest BCUT2D eigenvalue weighted by atomic mass is 10.0. The summed E-state index contributed by atoms with van der Waals surface area (Å²) < 4.78 is 9.38. The van der Waals surface area contributed by atoms with E-state index in [1.54, 1.807) is 52.1 Å². The summed E-state index contributed by atoms with van der Waals surface area (Å²) in [5, 5.41) is 2.29. The molecule has 3 aromatic rings. The molecule has 4 rings (SSSR count). The van der Waals surface area contributed by atoms with E-state index < -0.39 is 23.5 Å². The fourth-order valence-electron chi connectivity index (χ4n) is 4.10. The van der Waals surface area contributed by atoms with Crippen LogP contribution in [0.25, 0.3) is 22.2 Å². The van der Waals surface area contributed by atoms with Crippen LogP contribution in [-0.4, -0.2) is 37.1 Å². The van der Waals surface area contributed by atoms with Gasteiger partial charge in [-0.15, -0.1) is 0 Å². The summed E-state index contributed by atoms with van der Waals surface area (Å²) in [5.74, 6) is -1.35. The van der Waals surface area contributed by atoms with Gasteiger partial charge in [0, 0.05) is 25.7 Å². The smallest absolute Gasteiger partial charge is 0.329 e. The Hall–Kier alpha value is -3.95. The average molecular weight is 466 g/mol. The molecule has 0 spiro atoms. The Kier molecular flexibility index (Phi) is 5.76. The number of pyridine rings is 1. The maximum absolute atomic E-state index is 12.9. The van der Waals surface area contributed by atoms with E-state index in [0.29, 0.717) is 22.2 Å². The van der Waals surface area contributed by atoms with Crippen molar-refractivity contribution in [2.24, 2.45) is 7.05 Å². The van der Waals surface area contributed by atoms with E-state index in [-0.39, 0.29) is 36.5 Å². The van der Waals surface area contributed by atoms with Gasteiger partial charge in [-0.2, -0.15) is 0 Å². The maximum Gasteiger partial charge on any atom is 0.329 e. The molecule has 1 atom stereocenters. The average Bonchev–Trinajstić information content (AvgIpc) is 2.98. The number of nitrogens with zero attached hydrogens (tertiary/aromatic N) is 3. The van der Waals surface area contributed by atoms with Crippen LogP contribution in [0.1, 0.15) is 39.7 Å². The van der Waals surface area contributed by atoms with Gasteiger partial charge in [-0.05, 0) is 56.5 Å². The minimum atomic E-state index is -0.767. The van der Waals surface area contributed by atoms with Crippen LogP contribution >= 0.6 is 0 Å². The monoisotopic (exact) mass is 466 g/mol. The number of imide groups is 1. The van der Waals surface area contributed by atoms with Crippen LogP contribution in [0.5, 0.6) is 0 Å². The molecule has 1 aliphatic rings. The van der Waals surface area contributed by atoms with Crippen molar-refractivity contribution in [1.29, 1.82) is 0 Å². The van der Waals surface area contributed by atoms with Gasteiger partial charge in [0.2, 0.25) is 11.8 Å². The molecule has 0 bridgehead atoms. The number of imidazole rings is 1. The van der Waals surface area contributed by atoms with E-state index in [9.17, 15) is 24.0 Å². The van der Waals surface area contributed by atoms with Crippen LogP contribution < -0.4 is 16.6 Å². The van der Waals surface area contributed by atoms with Crippen LogP contribution in [0.3, 0.4) is 0 Å². The van der Waals surface area contributed by atoms with Gasteiger partial charge >= 0.3 is 11.7 Å². The number of nitrogens with one attached hydrogen (secondary N) is 1. The topological polar surface area (TPSA) is 121 Å². The molecule has 34 heavy (non-hydrogen) atoms. The summed E-state index contributed by atoms with van der Waals surface area (Å²) in [5.41, 5.74) is 1.09. The summed E-state index contributed by atoms with van der Waals surface area (Å²) in [7, 11) is 1.61. The molecule has 10 heteroatoms. The summed E-state index contributed by atoms with van der Waals surface area (Å²) in [6.07, 6.45) is 1.94. The highest BCUT2D eigenvalue weighted by Gasteiger charge is 2.31. The number of aryl methyl sites for hydroxylation is 1. The first-order valence-corrected chi connectivity index (χ1v) is 10.9.